The van der Waals surface area contributed by atoms with Crippen molar-refractivity contribution in [2.24, 2.45) is 5.73 Å². The molecule has 0 aliphatic heterocycles. The van der Waals surface area contributed by atoms with Crippen molar-refractivity contribution in [2.45, 2.75) is 13.5 Å². The summed E-state index contributed by atoms with van der Waals surface area (Å²) in [5.41, 5.74) is 6.16. The van der Waals surface area contributed by atoms with Gasteiger partial charge in [0, 0.05) is 16.0 Å². The first kappa shape index (κ1) is 13.5. The van der Waals surface area contributed by atoms with Gasteiger partial charge < -0.3 is 5.73 Å². The number of rotatable bonds is 5. The van der Waals surface area contributed by atoms with E-state index in [1.807, 2.05) is 30.0 Å². The minimum Gasteiger partial charge on any atom is -0.369 e. The molecule has 0 spiro atoms. The number of primary amides is 1. The first-order valence-electron chi connectivity index (χ1n) is 4.97. The molecule has 0 aliphatic carbocycles. The minimum atomic E-state index is -0.324. The van der Waals surface area contributed by atoms with Crippen molar-refractivity contribution in [1.82, 2.24) is 4.90 Å². The third-order valence-corrected chi connectivity index (χ3v) is 3.08. The predicted octanol–water partition coefficient (Wildman–Crippen LogP) is 2.41. The highest BCUT2D eigenvalue weighted by molar-refractivity contribution is 9.10. The quantitative estimate of drug-likeness (QED) is 0.908. The summed E-state index contributed by atoms with van der Waals surface area (Å²) in [6, 6.07) is 5.71. The molecule has 0 unspecified atom stereocenters. The van der Waals surface area contributed by atoms with Gasteiger partial charge in [0.1, 0.15) is 0 Å². The van der Waals surface area contributed by atoms with E-state index in [2.05, 4.69) is 15.9 Å². The SMILES string of the molecule is CCN(CC(N)=O)Cc1ccc(Br)cc1Cl. The molecule has 3 nitrogen and oxygen atoms in total. The molecule has 0 fully saturated rings. The van der Waals surface area contributed by atoms with E-state index in [0.29, 0.717) is 11.6 Å². The van der Waals surface area contributed by atoms with Gasteiger partial charge in [0.15, 0.2) is 0 Å². The van der Waals surface area contributed by atoms with Crippen molar-refractivity contribution in [2.75, 3.05) is 13.1 Å². The van der Waals surface area contributed by atoms with Crippen LogP contribution in [-0.2, 0) is 11.3 Å². The van der Waals surface area contributed by atoms with Crippen LogP contribution in [-0.4, -0.2) is 23.9 Å². The molecule has 0 heterocycles. The number of halogens is 2. The normalized spacial score (nSPS) is 10.8. The van der Waals surface area contributed by atoms with Gasteiger partial charge in [0.2, 0.25) is 5.91 Å². The van der Waals surface area contributed by atoms with Gasteiger partial charge in [-0.2, -0.15) is 0 Å². The highest BCUT2D eigenvalue weighted by Gasteiger charge is 2.09. The van der Waals surface area contributed by atoms with E-state index in [-0.39, 0.29) is 12.5 Å². The van der Waals surface area contributed by atoms with Crippen molar-refractivity contribution < 1.29 is 4.79 Å². The largest absolute Gasteiger partial charge is 0.369 e. The Kier molecular flexibility index (Phi) is 5.25. The minimum absolute atomic E-state index is 0.253. The Hall–Kier alpha value is -0.580. The lowest BCUT2D eigenvalue weighted by atomic mass is 10.2. The molecule has 0 radical (unpaired) electrons. The number of hydrogen-bond donors (Lipinski definition) is 1. The molecule has 0 saturated carbocycles. The van der Waals surface area contributed by atoms with Crippen LogP contribution in [0.4, 0.5) is 0 Å². The van der Waals surface area contributed by atoms with Crippen LogP contribution in [0.5, 0.6) is 0 Å². The van der Waals surface area contributed by atoms with Crippen LogP contribution in [0.25, 0.3) is 0 Å². The number of amides is 1. The highest BCUT2D eigenvalue weighted by atomic mass is 79.9. The van der Waals surface area contributed by atoms with Crippen molar-refractivity contribution in [3.8, 4) is 0 Å². The molecule has 1 rings (SSSR count). The first-order chi connectivity index (χ1) is 7.52. The molecule has 0 saturated heterocycles. The van der Waals surface area contributed by atoms with E-state index in [9.17, 15) is 4.79 Å². The molecule has 0 aromatic heterocycles. The van der Waals surface area contributed by atoms with Gasteiger partial charge in [-0.05, 0) is 24.2 Å². The van der Waals surface area contributed by atoms with Crippen molar-refractivity contribution in [3.05, 3.63) is 33.3 Å². The van der Waals surface area contributed by atoms with Gasteiger partial charge in [-0.3, -0.25) is 9.69 Å². The van der Waals surface area contributed by atoms with Gasteiger partial charge >= 0.3 is 0 Å². The average Bonchev–Trinajstić information content (AvgIpc) is 2.20. The van der Waals surface area contributed by atoms with Crippen LogP contribution >= 0.6 is 27.5 Å². The zero-order valence-corrected chi connectivity index (χ0v) is 11.4. The maximum atomic E-state index is 10.8. The summed E-state index contributed by atoms with van der Waals surface area (Å²) in [4.78, 5) is 12.8. The lowest BCUT2D eigenvalue weighted by molar-refractivity contribution is -0.119. The Morgan fingerprint density at radius 2 is 2.25 bits per heavy atom. The number of hydrogen-bond acceptors (Lipinski definition) is 2. The van der Waals surface area contributed by atoms with E-state index < -0.39 is 0 Å². The lowest BCUT2D eigenvalue weighted by Crippen LogP contribution is -2.33. The summed E-state index contributed by atoms with van der Waals surface area (Å²) >= 11 is 9.44. The number of carbonyl (C=O) groups excluding carboxylic acids is 1. The molecule has 1 aromatic carbocycles. The molecule has 0 bridgehead atoms. The number of carbonyl (C=O) groups is 1. The average molecular weight is 306 g/mol. The molecule has 16 heavy (non-hydrogen) atoms. The topological polar surface area (TPSA) is 46.3 Å². The molecule has 1 aromatic rings. The molecule has 0 atom stereocenters. The van der Waals surface area contributed by atoms with Crippen LogP contribution in [0.2, 0.25) is 5.02 Å². The summed E-state index contributed by atoms with van der Waals surface area (Å²) in [5, 5.41) is 0.692. The van der Waals surface area contributed by atoms with E-state index >= 15 is 0 Å². The summed E-state index contributed by atoms with van der Waals surface area (Å²) in [5.74, 6) is -0.324. The Morgan fingerprint density at radius 3 is 2.75 bits per heavy atom. The zero-order chi connectivity index (χ0) is 12.1. The van der Waals surface area contributed by atoms with E-state index in [0.717, 1.165) is 16.6 Å². The van der Waals surface area contributed by atoms with Crippen molar-refractivity contribution >= 4 is 33.4 Å². The number of benzene rings is 1. The van der Waals surface area contributed by atoms with Gasteiger partial charge in [0.05, 0.1) is 6.54 Å². The molecule has 2 N–H and O–H groups in total. The number of likely N-dealkylation sites (N-methyl/N-ethyl adjacent to an activating group) is 1. The predicted molar refractivity (Wildman–Crippen MR) is 69.3 cm³/mol. The summed E-state index contributed by atoms with van der Waals surface area (Å²) < 4.78 is 0.944. The van der Waals surface area contributed by atoms with Gasteiger partial charge in [0.25, 0.3) is 0 Å². The van der Waals surface area contributed by atoms with Crippen molar-refractivity contribution in [3.63, 3.8) is 0 Å². The van der Waals surface area contributed by atoms with Gasteiger partial charge in [-0.1, -0.05) is 40.5 Å². The molecule has 0 aliphatic rings. The molecular formula is C11H14BrClN2O. The lowest BCUT2D eigenvalue weighted by Gasteiger charge is -2.19. The highest BCUT2D eigenvalue weighted by Crippen LogP contribution is 2.22. The zero-order valence-electron chi connectivity index (χ0n) is 9.04. The second kappa shape index (κ2) is 6.23. The number of nitrogens with zero attached hydrogens (tertiary/aromatic N) is 1. The van der Waals surface area contributed by atoms with E-state index in [4.69, 9.17) is 17.3 Å². The summed E-state index contributed by atoms with van der Waals surface area (Å²) in [7, 11) is 0. The fourth-order valence-electron chi connectivity index (χ4n) is 1.39. The third-order valence-electron chi connectivity index (χ3n) is 2.24. The molecule has 5 heteroatoms. The Balaban J connectivity index is 2.73. The fraction of sp³-hybridized carbons (Fsp3) is 0.364. The van der Waals surface area contributed by atoms with Crippen LogP contribution in [0.1, 0.15) is 12.5 Å². The Bertz CT molecular complexity index is 384. The molecular weight excluding hydrogens is 291 g/mol. The summed E-state index contributed by atoms with van der Waals surface area (Å²) in [6.07, 6.45) is 0. The first-order valence-corrected chi connectivity index (χ1v) is 6.14. The van der Waals surface area contributed by atoms with E-state index in [1.54, 1.807) is 0 Å². The Morgan fingerprint density at radius 1 is 1.56 bits per heavy atom. The van der Waals surface area contributed by atoms with Crippen LogP contribution in [0.3, 0.4) is 0 Å². The standard InChI is InChI=1S/C11H14BrClN2O/c1-2-15(7-11(14)16)6-8-3-4-9(12)5-10(8)13/h3-5H,2,6-7H2,1H3,(H2,14,16). The van der Waals surface area contributed by atoms with Crippen LogP contribution < -0.4 is 5.73 Å². The maximum absolute atomic E-state index is 10.8. The molecule has 88 valence electrons. The second-order valence-electron chi connectivity index (χ2n) is 3.51. The maximum Gasteiger partial charge on any atom is 0.231 e. The van der Waals surface area contributed by atoms with E-state index in [1.165, 1.54) is 0 Å². The Labute approximate surface area is 109 Å². The fourth-order valence-corrected chi connectivity index (χ4v) is 2.12. The number of nitrogens with two attached hydrogens (primary N) is 1. The van der Waals surface area contributed by atoms with Crippen LogP contribution in [0.15, 0.2) is 22.7 Å². The summed E-state index contributed by atoms with van der Waals surface area (Å²) in [6.45, 7) is 3.62. The van der Waals surface area contributed by atoms with Gasteiger partial charge in [-0.25, -0.2) is 0 Å². The van der Waals surface area contributed by atoms with Crippen LogP contribution in [0, 0.1) is 0 Å². The smallest absolute Gasteiger partial charge is 0.231 e. The van der Waals surface area contributed by atoms with Gasteiger partial charge in [-0.15, -0.1) is 0 Å². The molecule has 1 amide bonds. The monoisotopic (exact) mass is 304 g/mol. The van der Waals surface area contributed by atoms with Crippen molar-refractivity contribution in [1.29, 1.82) is 0 Å². The third kappa shape index (κ3) is 4.12. The second-order valence-corrected chi connectivity index (χ2v) is 4.83.